The molecule has 1 saturated heterocycles. The van der Waals surface area contributed by atoms with Gasteiger partial charge in [-0.1, -0.05) is 47.9 Å². The highest BCUT2D eigenvalue weighted by molar-refractivity contribution is 7.15. The summed E-state index contributed by atoms with van der Waals surface area (Å²) in [6.45, 7) is 2.79. The maximum Gasteiger partial charge on any atom is 0.251 e. The summed E-state index contributed by atoms with van der Waals surface area (Å²) in [6, 6.07) is 14.2. The number of carbonyl (C=O) groups excluding carboxylic acids is 2. The summed E-state index contributed by atoms with van der Waals surface area (Å²) in [6.07, 6.45) is 5.13. The van der Waals surface area contributed by atoms with Crippen LogP contribution in [0, 0.1) is 6.92 Å². The number of nitrogens with one attached hydrogen (secondary N) is 2. The van der Waals surface area contributed by atoms with Crippen molar-refractivity contribution in [1.82, 2.24) is 15.6 Å². The second kappa shape index (κ2) is 9.98. The van der Waals surface area contributed by atoms with Crippen LogP contribution in [0.1, 0.15) is 69.4 Å². The fourth-order valence-corrected chi connectivity index (χ4v) is 5.93. The molecule has 1 amide bonds. The van der Waals surface area contributed by atoms with Crippen LogP contribution in [0.3, 0.4) is 0 Å². The van der Waals surface area contributed by atoms with E-state index in [1.165, 1.54) is 0 Å². The van der Waals surface area contributed by atoms with Gasteiger partial charge in [-0.05, 0) is 69.0 Å². The average molecular weight is 494 g/mol. The van der Waals surface area contributed by atoms with Gasteiger partial charge in [0.15, 0.2) is 0 Å². The van der Waals surface area contributed by atoms with Crippen molar-refractivity contribution in [3.63, 3.8) is 0 Å². The molecule has 1 aliphatic heterocycles. The smallest absolute Gasteiger partial charge is 0.251 e. The number of ketones is 1. The molecule has 0 radical (unpaired) electrons. The first kappa shape index (κ1) is 23.2. The Labute approximate surface area is 208 Å². The Morgan fingerprint density at radius 1 is 1.12 bits per heavy atom. The molecule has 2 fully saturated rings. The molecule has 2 heterocycles. The number of hydrogen-bond donors (Lipinski definition) is 2. The van der Waals surface area contributed by atoms with E-state index in [9.17, 15) is 9.59 Å². The van der Waals surface area contributed by atoms with E-state index in [4.69, 9.17) is 16.6 Å². The lowest BCUT2D eigenvalue weighted by atomic mass is 9.92. The standard InChI is InChI=1S/C27H28ClN3O2S/c1-16-6-4-8-19(14-16)26(33)30-22(21-10-2-3-13-29-21)24(32)23-25(18-7-5-9-20(28)15-18)34-27(31-23)17-11-12-17/h4-9,14-15,17,21-22,29H,2-3,10-13H2,1H3,(H,30,33)/t21?,22-/m0/s1. The van der Waals surface area contributed by atoms with Crippen LogP contribution in [0.2, 0.25) is 5.02 Å². The third-order valence-corrected chi connectivity index (χ3v) is 7.99. The molecule has 0 spiro atoms. The van der Waals surface area contributed by atoms with Crippen LogP contribution in [0.15, 0.2) is 48.5 Å². The number of thiazole rings is 1. The Hall–Kier alpha value is -2.54. The molecule has 1 aromatic heterocycles. The van der Waals surface area contributed by atoms with E-state index in [2.05, 4.69) is 10.6 Å². The highest BCUT2D eigenvalue weighted by Crippen LogP contribution is 2.45. The maximum atomic E-state index is 14.1. The van der Waals surface area contributed by atoms with E-state index in [-0.39, 0.29) is 17.7 Å². The number of amides is 1. The van der Waals surface area contributed by atoms with E-state index in [0.717, 1.165) is 59.7 Å². The van der Waals surface area contributed by atoms with Crippen molar-refractivity contribution in [3.05, 3.63) is 75.4 Å². The number of benzene rings is 2. The Balaban J connectivity index is 1.51. The van der Waals surface area contributed by atoms with Crippen molar-refractivity contribution in [2.24, 2.45) is 0 Å². The minimum absolute atomic E-state index is 0.131. The van der Waals surface area contributed by atoms with Gasteiger partial charge in [0, 0.05) is 22.5 Å². The Kier molecular flexibility index (Phi) is 6.82. The van der Waals surface area contributed by atoms with Gasteiger partial charge in [-0.3, -0.25) is 9.59 Å². The van der Waals surface area contributed by atoms with Crippen molar-refractivity contribution in [3.8, 4) is 10.4 Å². The van der Waals surface area contributed by atoms with E-state index in [1.54, 1.807) is 17.4 Å². The monoisotopic (exact) mass is 493 g/mol. The molecule has 0 bridgehead atoms. The molecule has 1 aliphatic carbocycles. The fourth-order valence-electron chi connectivity index (χ4n) is 4.50. The number of piperidine rings is 1. The summed E-state index contributed by atoms with van der Waals surface area (Å²) >= 11 is 7.85. The lowest BCUT2D eigenvalue weighted by Crippen LogP contribution is -2.55. The number of rotatable bonds is 7. The Morgan fingerprint density at radius 2 is 1.94 bits per heavy atom. The third-order valence-electron chi connectivity index (χ3n) is 6.49. The summed E-state index contributed by atoms with van der Waals surface area (Å²) in [5.41, 5.74) is 2.89. The molecule has 5 nitrogen and oxygen atoms in total. The fraction of sp³-hybridized carbons (Fsp3) is 0.370. The van der Waals surface area contributed by atoms with Gasteiger partial charge in [-0.25, -0.2) is 4.98 Å². The summed E-state index contributed by atoms with van der Waals surface area (Å²) in [5.74, 6) is 0.0486. The second-order valence-corrected chi connectivity index (χ2v) is 10.7. The predicted molar refractivity (Wildman–Crippen MR) is 137 cm³/mol. The lowest BCUT2D eigenvalue weighted by molar-refractivity contribution is 0.0823. The molecule has 2 aromatic carbocycles. The third kappa shape index (κ3) is 5.09. The van der Waals surface area contributed by atoms with Crippen LogP contribution in [0.5, 0.6) is 0 Å². The number of hydrogen-bond acceptors (Lipinski definition) is 5. The zero-order valence-electron chi connectivity index (χ0n) is 19.1. The van der Waals surface area contributed by atoms with E-state index < -0.39 is 6.04 Å². The Bertz CT molecular complexity index is 1210. The van der Waals surface area contributed by atoms with Crippen molar-refractivity contribution in [1.29, 1.82) is 0 Å². The van der Waals surface area contributed by atoms with Gasteiger partial charge in [0.05, 0.1) is 9.88 Å². The molecule has 34 heavy (non-hydrogen) atoms. The number of halogens is 1. The van der Waals surface area contributed by atoms with Crippen LogP contribution in [-0.2, 0) is 0 Å². The minimum atomic E-state index is -0.694. The second-order valence-electron chi connectivity index (χ2n) is 9.26. The molecule has 2 N–H and O–H groups in total. The van der Waals surface area contributed by atoms with Gasteiger partial charge < -0.3 is 10.6 Å². The number of Topliss-reactive ketones (excluding diaryl/α,β-unsaturated/α-hetero) is 1. The number of aromatic nitrogens is 1. The van der Waals surface area contributed by atoms with Crippen molar-refractivity contribution in [2.45, 2.75) is 57.0 Å². The van der Waals surface area contributed by atoms with Crippen LogP contribution >= 0.6 is 22.9 Å². The van der Waals surface area contributed by atoms with E-state index in [1.807, 2.05) is 49.4 Å². The van der Waals surface area contributed by atoms with Gasteiger partial charge in [0.2, 0.25) is 5.78 Å². The molecular weight excluding hydrogens is 466 g/mol. The summed E-state index contributed by atoms with van der Waals surface area (Å²) in [7, 11) is 0. The van der Waals surface area contributed by atoms with Gasteiger partial charge in [0.25, 0.3) is 5.91 Å². The summed E-state index contributed by atoms with van der Waals surface area (Å²) in [4.78, 5) is 32.9. The molecule has 2 aliphatic rings. The average Bonchev–Trinajstić information content (AvgIpc) is 3.60. The summed E-state index contributed by atoms with van der Waals surface area (Å²) < 4.78 is 0. The maximum absolute atomic E-state index is 14.1. The topological polar surface area (TPSA) is 71.1 Å². The normalized spacial score (nSPS) is 18.9. The molecule has 5 rings (SSSR count). The minimum Gasteiger partial charge on any atom is -0.340 e. The SMILES string of the molecule is Cc1cccc(C(=O)N[C@H](C(=O)c2nc(C3CC3)sc2-c2cccc(Cl)c2)C2CCCCN2)c1. The molecular formula is C27H28ClN3O2S. The Morgan fingerprint density at radius 3 is 2.65 bits per heavy atom. The predicted octanol–water partition coefficient (Wildman–Crippen LogP) is 5.77. The van der Waals surface area contributed by atoms with Crippen molar-refractivity contribution in [2.75, 3.05) is 6.54 Å². The molecule has 7 heteroatoms. The van der Waals surface area contributed by atoms with Gasteiger partial charge in [-0.2, -0.15) is 0 Å². The highest BCUT2D eigenvalue weighted by atomic mass is 35.5. The summed E-state index contributed by atoms with van der Waals surface area (Å²) in [5, 5.41) is 8.15. The number of aryl methyl sites for hydroxylation is 1. The first-order valence-electron chi connectivity index (χ1n) is 11.9. The zero-order valence-corrected chi connectivity index (χ0v) is 20.7. The van der Waals surface area contributed by atoms with Crippen molar-refractivity contribution < 1.29 is 9.59 Å². The molecule has 3 aromatic rings. The quantitative estimate of drug-likeness (QED) is 0.410. The van der Waals surface area contributed by atoms with Crippen LogP contribution in [0.4, 0.5) is 0 Å². The number of nitrogens with zero attached hydrogens (tertiary/aromatic N) is 1. The van der Waals surface area contributed by atoms with Gasteiger partial charge in [-0.15, -0.1) is 11.3 Å². The molecule has 176 valence electrons. The first-order valence-corrected chi connectivity index (χ1v) is 13.1. The molecule has 2 atom stereocenters. The van der Waals surface area contributed by atoms with Gasteiger partial charge in [0.1, 0.15) is 11.7 Å². The van der Waals surface area contributed by atoms with E-state index >= 15 is 0 Å². The van der Waals surface area contributed by atoms with Crippen molar-refractivity contribution >= 4 is 34.6 Å². The highest BCUT2D eigenvalue weighted by Gasteiger charge is 2.36. The van der Waals surface area contributed by atoms with Crippen LogP contribution < -0.4 is 10.6 Å². The zero-order chi connectivity index (χ0) is 23.7. The largest absolute Gasteiger partial charge is 0.340 e. The lowest BCUT2D eigenvalue weighted by Gasteiger charge is -2.31. The first-order chi connectivity index (χ1) is 16.5. The van der Waals surface area contributed by atoms with Crippen LogP contribution in [0.25, 0.3) is 10.4 Å². The number of carbonyl (C=O) groups is 2. The molecule has 1 saturated carbocycles. The molecule has 1 unspecified atom stereocenters. The van der Waals surface area contributed by atoms with Crippen LogP contribution in [-0.4, -0.2) is 35.3 Å². The van der Waals surface area contributed by atoms with E-state index in [0.29, 0.717) is 22.2 Å². The van der Waals surface area contributed by atoms with Gasteiger partial charge >= 0.3 is 0 Å².